The summed E-state index contributed by atoms with van der Waals surface area (Å²) in [6.07, 6.45) is 5.46. The molecular weight excluding hydrogens is 222 g/mol. The monoisotopic (exact) mass is 247 g/mol. The van der Waals surface area contributed by atoms with E-state index >= 15 is 0 Å². The summed E-state index contributed by atoms with van der Waals surface area (Å²) in [4.78, 5) is 0. The normalized spacial score (nSPS) is 25.7. The Morgan fingerprint density at radius 1 is 1.28 bits per heavy atom. The van der Waals surface area contributed by atoms with Crippen LogP contribution in [0.2, 0.25) is 0 Å². The van der Waals surface area contributed by atoms with Crippen molar-refractivity contribution < 1.29 is 4.74 Å². The Hall–Kier alpha value is -1.18. The molecule has 1 saturated carbocycles. The van der Waals surface area contributed by atoms with Gasteiger partial charge in [-0.2, -0.15) is 0 Å². The molecule has 0 saturated heterocycles. The van der Waals surface area contributed by atoms with E-state index in [4.69, 9.17) is 10.5 Å². The summed E-state index contributed by atoms with van der Waals surface area (Å²) in [6.45, 7) is 4.70. The van der Waals surface area contributed by atoms with Crippen LogP contribution >= 0.6 is 0 Å². The molecular formula is C16H25NO. The van der Waals surface area contributed by atoms with Gasteiger partial charge in [0, 0.05) is 11.8 Å². The van der Waals surface area contributed by atoms with E-state index in [-0.39, 0.29) is 0 Å². The predicted octanol–water partition coefficient (Wildman–Crippen LogP) is 4.21. The lowest BCUT2D eigenvalue weighted by molar-refractivity contribution is 0.253. The molecule has 100 valence electrons. The highest BCUT2D eigenvalue weighted by Crippen LogP contribution is 2.39. The largest absolute Gasteiger partial charge is 0.497 e. The molecule has 0 amide bonds. The second-order valence-corrected chi connectivity index (χ2v) is 5.86. The van der Waals surface area contributed by atoms with Crippen LogP contribution in [-0.4, -0.2) is 7.11 Å². The van der Waals surface area contributed by atoms with Crippen LogP contribution in [0.1, 0.15) is 51.0 Å². The molecule has 1 fully saturated rings. The third-order valence-electron chi connectivity index (χ3n) is 4.40. The Labute approximate surface area is 111 Å². The lowest BCUT2D eigenvalue weighted by atomic mass is 9.74. The molecule has 0 radical (unpaired) electrons. The van der Waals surface area contributed by atoms with Gasteiger partial charge in [0.05, 0.1) is 7.11 Å². The standard InChI is InChI=1S/C16H25NO/c1-11-5-4-6-13(7-11)12(2)14-8-15(17)10-16(9-14)18-3/h8-13H,4-7,17H2,1-3H3/t11-,12?,13?/m0/s1. The minimum atomic E-state index is 0.574. The van der Waals surface area contributed by atoms with Gasteiger partial charge in [0.25, 0.3) is 0 Å². The highest BCUT2D eigenvalue weighted by Gasteiger charge is 2.25. The molecule has 2 unspecified atom stereocenters. The van der Waals surface area contributed by atoms with Gasteiger partial charge >= 0.3 is 0 Å². The van der Waals surface area contributed by atoms with Crippen molar-refractivity contribution in [1.82, 2.24) is 0 Å². The molecule has 1 aromatic carbocycles. The first-order valence-corrected chi connectivity index (χ1v) is 7.04. The minimum absolute atomic E-state index is 0.574. The van der Waals surface area contributed by atoms with Gasteiger partial charge in [-0.3, -0.25) is 0 Å². The van der Waals surface area contributed by atoms with Gasteiger partial charge < -0.3 is 10.5 Å². The van der Waals surface area contributed by atoms with Crippen molar-refractivity contribution in [2.75, 3.05) is 12.8 Å². The zero-order valence-electron chi connectivity index (χ0n) is 11.8. The fourth-order valence-electron chi connectivity index (χ4n) is 3.23. The maximum Gasteiger partial charge on any atom is 0.121 e. The Bertz CT molecular complexity index is 402. The first-order chi connectivity index (χ1) is 8.60. The van der Waals surface area contributed by atoms with Gasteiger partial charge in [0.15, 0.2) is 0 Å². The summed E-state index contributed by atoms with van der Waals surface area (Å²) >= 11 is 0. The Morgan fingerprint density at radius 2 is 2.06 bits per heavy atom. The van der Waals surface area contributed by atoms with Gasteiger partial charge in [-0.1, -0.05) is 26.7 Å². The minimum Gasteiger partial charge on any atom is -0.497 e. The maximum absolute atomic E-state index is 5.95. The highest BCUT2D eigenvalue weighted by molar-refractivity contribution is 5.48. The average molecular weight is 247 g/mol. The molecule has 2 nitrogen and oxygen atoms in total. The van der Waals surface area contributed by atoms with E-state index < -0.39 is 0 Å². The van der Waals surface area contributed by atoms with Crippen molar-refractivity contribution in [3.63, 3.8) is 0 Å². The quantitative estimate of drug-likeness (QED) is 0.812. The topological polar surface area (TPSA) is 35.2 Å². The Morgan fingerprint density at radius 3 is 2.72 bits per heavy atom. The van der Waals surface area contributed by atoms with E-state index in [1.807, 2.05) is 6.07 Å². The Balaban J connectivity index is 2.16. The number of ether oxygens (including phenoxy) is 1. The summed E-state index contributed by atoms with van der Waals surface area (Å²) in [5.74, 6) is 3.11. The predicted molar refractivity (Wildman–Crippen MR) is 76.9 cm³/mol. The molecule has 0 heterocycles. The number of benzene rings is 1. The van der Waals surface area contributed by atoms with Crippen LogP contribution in [0, 0.1) is 11.8 Å². The molecule has 0 spiro atoms. The van der Waals surface area contributed by atoms with Crippen LogP contribution < -0.4 is 10.5 Å². The van der Waals surface area contributed by atoms with Crippen LogP contribution in [0.4, 0.5) is 5.69 Å². The van der Waals surface area contributed by atoms with E-state index in [1.54, 1.807) is 7.11 Å². The van der Waals surface area contributed by atoms with Crippen molar-refractivity contribution in [2.24, 2.45) is 11.8 Å². The molecule has 1 aromatic rings. The smallest absolute Gasteiger partial charge is 0.121 e. The molecule has 1 aliphatic rings. The highest BCUT2D eigenvalue weighted by atomic mass is 16.5. The lowest BCUT2D eigenvalue weighted by Crippen LogP contribution is -2.18. The van der Waals surface area contributed by atoms with E-state index in [2.05, 4.69) is 26.0 Å². The third-order valence-corrected chi connectivity index (χ3v) is 4.40. The van der Waals surface area contributed by atoms with Crippen LogP contribution in [0.5, 0.6) is 5.75 Å². The summed E-state index contributed by atoms with van der Waals surface area (Å²) in [7, 11) is 1.70. The SMILES string of the molecule is COc1cc(N)cc(C(C)C2CCC[C@H](C)C2)c1. The van der Waals surface area contributed by atoms with Gasteiger partial charge in [-0.15, -0.1) is 0 Å². The third kappa shape index (κ3) is 2.98. The second kappa shape index (κ2) is 5.64. The van der Waals surface area contributed by atoms with Gasteiger partial charge in [-0.05, 0) is 48.3 Å². The summed E-state index contributed by atoms with van der Waals surface area (Å²) in [5, 5.41) is 0. The fraction of sp³-hybridized carbons (Fsp3) is 0.625. The first kappa shape index (κ1) is 13.3. The molecule has 1 aliphatic carbocycles. The molecule has 18 heavy (non-hydrogen) atoms. The van der Waals surface area contributed by atoms with Crippen LogP contribution in [0.25, 0.3) is 0 Å². The number of methoxy groups -OCH3 is 1. The van der Waals surface area contributed by atoms with Crippen molar-refractivity contribution in [3.8, 4) is 5.75 Å². The second-order valence-electron chi connectivity index (χ2n) is 5.86. The average Bonchev–Trinajstić information content (AvgIpc) is 2.37. The molecule has 0 aromatic heterocycles. The summed E-state index contributed by atoms with van der Waals surface area (Å²) < 4.78 is 5.31. The molecule has 2 N–H and O–H groups in total. The first-order valence-electron chi connectivity index (χ1n) is 7.04. The van der Waals surface area contributed by atoms with Crippen molar-refractivity contribution in [3.05, 3.63) is 23.8 Å². The van der Waals surface area contributed by atoms with Crippen LogP contribution in [0.15, 0.2) is 18.2 Å². The van der Waals surface area contributed by atoms with Crippen molar-refractivity contribution in [1.29, 1.82) is 0 Å². The van der Waals surface area contributed by atoms with Crippen molar-refractivity contribution >= 4 is 5.69 Å². The number of rotatable bonds is 3. The van der Waals surface area contributed by atoms with Crippen LogP contribution in [-0.2, 0) is 0 Å². The van der Waals surface area contributed by atoms with Gasteiger partial charge in [-0.25, -0.2) is 0 Å². The number of nitrogen functional groups attached to an aromatic ring is 1. The van der Waals surface area contributed by atoms with Gasteiger partial charge in [0.1, 0.15) is 5.75 Å². The van der Waals surface area contributed by atoms with E-state index in [9.17, 15) is 0 Å². The molecule has 0 bridgehead atoms. The summed E-state index contributed by atoms with van der Waals surface area (Å²) in [6, 6.07) is 6.13. The van der Waals surface area contributed by atoms with E-state index in [0.717, 1.165) is 23.3 Å². The Kier molecular flexibility index (Phi) is 4.15. The number of anilines is 1. The lowest BCUT2D eigenvalue weighted by Gasteiger charge is -2.31. The maximum atomic E-state index is 5.95. The van der Waals surface area contributed by atoms with Gasteiger partial charge in [0.2, 0.25) is 0 Å². The molecule has 0 aliphatic heterocycles. The zero-order valence-corrected chi connectivity index (χ0v) is 11.8. The van der Waals surface area contributed by atoms with E-state index in [1.165, 1.54) is 31.2 Å². The molecule has 2 rings (SSSR count). The fourth-order valence-corrected chi connectivity index (χ4v) is 3.23. The summed E-state index contributed by atoms with van der Waals surface area (Å²) in [5.41, 5.74) is 8.08. The number of nitrogens with two attached hydrogens (primary N) is 1. The van der Waals surface area contributed by atoms with Crippen LogP contribution in [0.3, 0.4) is 0 Å². The molecule has 3 atom stereocenters. The van der Waals surface area contributed by atoms with Crippen molar-refractivity contribution in [2.45, 2.75) is 45.4 Å². The number of hydrogen-bond donors (Lipinski definition) is 1. The number of hydrogen-bond acceptors (Lipinski definition) is 2. The zero-order chi connectivity index (χ0) is 13.1. The van der Waals surface area contributed by atoms with E-state index in [0.29, 0.717) is 5.92 Å². The molecule has 2 heteroatoms.